The zero-order valence-corrected chi connectivity index (χ0v) is 15.9. The summed E-state index contributed by atoms with van der Waals surface area (Å²) < 4.78 is 5.23. The molecule has 0 unspecified atom stereocenters. The predicted octanol–water partition coefficient (Wildman–Crippen LogP) is 3.35. The molecule has 9 heteroatoms. The zero-order chi connectivity index (χ0) is 19.4. The molecule has 0 radical (unpaired) electrons. The fourth-order valence-corrected chi connectivity index (χ4v) is 3.45. The highest BCUT2D eigenvalue weighted by atomic mass is 35.5. The highest BCUT2D eigenvalue weighted by Crippen LogP contribution is 2.31. The maximum absolute atomic E-state index is 12.4. The molecule has 1 aromatic heterocycles. The molecular weight excluding hydrogens is 390 g/mol. The van der Waals surface area contributed by atoms with Crippen molar-refractivity contribution in [1.82, 2.24) is 4.98 Å². The number of thioether (sulfide) groups is 1. The molecule has 7 nitrogen and oxygen atoms in total. The van der Waals surface area contributed by atoms with Crippen molar-refractivity contribution in [3.05, 3.63) is 47.2 Å². The van der Waals surface area contributed by atoms with Crippen LogP contribution in [0, 0.1) is 0 Å². The van der Waals surface area contributed by atoms with Crippen LogP contribution in [0.15, 0.2) is 41.4 Å². The second-order valence-corrected chi connectivity index (χ2v) is 7.23. The van der Waals surface area contributed by atoms with Crippen LogP contribution < -0.4 is 10.6 Å². The standard InChI is InChI=1S/C18H16ClN3O4S/c1-10(17(24)22-12-3-2-7-20-16(12)19)26-18(25)11-4-5-14-13(9-11)21-15(23)6-8-27-14/h2-5,7,9-10H,6,8H2,1H3,(H,21,23)(H,22,24)/t10-/m1/s1. The number of nitrogens with zero attached hydrogens (tertiary/aromatic N) is 1. The Bertz CT molecular complexity index is 906. The van der Waals surface area contributed by atoms with Gasteiger partial charge in [-0.3, -0.25) is 9.59 Å². The number of pyridine rings is 1. The van der Waals surface area contributed by atoms with Crippen LogP contribution in [0.4, 0.5) is 11.4 Å². The minimum atomic E-state index is -1.04. The number of nitrogens with one attached hydrogen (secondary N) is 2. The first-order valence-corrected chi connectivity index (χ1v) is 9.49. The summed E-state index contributed by atoms with van der Waals surface area (Å²) >= 11 is 7.43. The van der Waals surface area contributed by atoms with E-state index >= 15 is 0 Å². The number of halogens is 1. The van der Waals surface area contributed by atoms with E-state index in [1.54, 1.807) is 30.3 Å². The molecule has 0 spiro atoms. The fraction of sp³-hybridized carbons (Fsp3) is 0.222. The lowest BCUT2D eigenvalue weighted by Gasteiger charge is -2.15. The molecule has 3 rings (SSSR count). The Balaban J connectivity index is 1.67. The number of aromatic nitrogens is 1. The summed E-state index contributed by atoms with van der Waals surface area (Å²) in [4.78, 5) is 41.0. The van der Waals surface area contributed by atoms with Gasteiger partial charge in [0, 0.05) is 23.3 Å². The molecule has 2 N–H and O–H groups in total. The van der Waals surface area contributed by atoms with Gasteiger partial charge < -0.3 is 15.4 Å². The Morgan fingerprint density at radius 1 is 1.37 bits per heavy atom. The third-order valence-corrected chi connectivity index (χ3v) is 5.12. The van der Waals surface area contributed by atoms with Gasteiger partial charge in [0.25, 0.3) is 5.91 Å². The first-order chi connectivity index (χ1) is 12.9. The van der Waals surface area contributed by atoms with Crippen LogP contribution >= 0.6 is 23.4 Å². The normalized spacial score (nSPS) is 14.4. The lowest BCUT2D eigenvalue weighted by molar-refractivity contribution is -0.123. The molecule has 140 valence electrons. The van der Waals surface area contributed by atoms with Gasteiger partial charge in [-0.1, -0.05) is 11.6 Å². The largest absolute Gasteiger partial charge is 0.449 e. The molecule has 1 aliphatic heterocycles. The number of hydrogen-bond donors (Lipinski definition) is 2. The first kappa shape index (κ1) is 19.2. The summed E-state index contributed by atoms with van der Waals surface area (Å²) in [6, 6.07) is 8.13. The average Bonchev–Trinajstić information content (AvgIpc) is 2.83. The smallest absolute Gasteiger partial charge is 0.338 e. The Morgan fingerprint density at radius 2 is 2.19 bits per heavy atom. The molecule has 0 bridgehead atoms. The van der Waals surface area contributed by atoms with Crippen LogP contribution in [0.25, 0.3) is 0 Å². The summed E-state index contributed by atoms with van der Waals surface area (Å²) in [6.45, 7) is 1.46. The van der Waals surface area contributed by atoms with Gasteiger partial charge in [-0.15, -0.1) is 11.8 Å². The van der Waals surface area contributed by atoms with Gasteiger partial charge in [0.2, 0.25) is 5.91 Å². The van der Waals surface area contributed by atoms with Crippen molar-refractivity contribution in [3.8, 4) is 0 Å². The Labute approximate surface area is 164 Å². The van der Waals surface area contributed by atoms with Gasteiger partial charge >= 0.3 is 5.97 Å². The average molecular weight is 406 g/mol. The molecule has 0 aliphatic carbocycles. The van der Waals surface area contributed by atoms with Gasteiger partial charge in [0.05, 0.1) is 16.9 Å². The Hall–Kier alpha value is -2.58. The highest BCUT2D eigenvalue weighted by Gasteiger charge is 2.21. The number of benzene rings is 1. The molecular formula is C18H16ClN3O4S. The highest BCUT2D eigenvalue weighted by molar-refractivity contribution is 7.99. The van der Waals surface area contributed by atoms with Crippen molar-refractivity contribution in [2.45, 2.75) is 24.3 Å². The van der Waals surface area contributed by atoms with Crippen molar-refractivity contribution < 1.29 is 19.1 Å². The maximum Gasteiger partial charge on any atom is 0.338 e. The molecule has 0 saturated heterocycles. The molecule has 2 aromatic rings. The van der Waals surface area contributed by atoms with E-state index in [4.69, 9.17) is 16.3 Å². The second-order valence-electron chi connectivity index (χ2n) is 5.74. The number of anilines is 2. The van der Waals surface area contributed by atoms with Gasteiger partial charge in [-0.05, 0) is 37.3 Å². The second kappa shape index (κ2) is 8.41. The molecule has 0 saturated carbocycles. The van der Waals surface area contributed by atoms with Gasteiger partial charge in [-0.25, -0.2) is 9.78 Å². The third-order valence-electron chi connectivity index (χ3n) is 3.75. The van der Waals surface area contributed by atoms with Crippen LogP contribution in [-0.2, 0) is 14.3 Å². The Morgan fingerprint density at radius 3 is 2.96 bits per heavy atom. The summed E-state index contributed by atoms with van der Waals surface area (Å²) in [5.74, 6) is -0.623. The van der Waals surface area contributed by atoms with E-state index in [1.165, 1.54) is 24.9 Å². The zero-order valence-electron chi connectivity index (χ0n) is 14.3. The molecule has 1 atom stereocenters. The summed E-state index contributed by atoms with van der Waals surface area (Å²) in [7, 11) is 0. The molecule has 1 aliphatic rings. The number of carbonyl (C=O) groups is 3. The van der Waals surface area contributed by atoms with Crippen molar-refractivity contribution in [2.75, 3.05) is 16.4 Å². The maximum atomic E-state index is 12.4. The summed E-state index contributed by atoms with van der Waals surface area (Å²) in [5.41, 5.74) is 1.14. The van der Waals surface area contributed by atoms with Crippen molar-refractivity contribution in [3.63, 3.8) is 0 Å². The molecule has 1 aromatic carbocycles. The lowest BCUT2D eigenvalue weighted by atomic mass is 10.2. The predicted molar refractivity (Wildman–Crippen MR) is 103 cm³/mol. The summed E-state index contributed by atoms with van der Waals surface area (Å²) in [6.07, 6.45) is 0.862. The minimum Gasteiger partial charge on any atom is -0.449 e. The quantitative estimate of drug-likeness (QED) is 0.598. The molecule has 0 fully saturated rings. The van der Waals surface area contributed by atoms with Crippen LogP contribution in [0.2, 0.25) is 5.15 Å². The Kier molecular flexibility index (Phi) is 5.98. The van der Waals surface area contributed by atoms with Crippen LogP contribution in [-0.4, -0.2) is 34.6 Å². The van der Waals surface area contributed by atoms with E-state index in [0.29, 0.717) is 23.5 Å². The van der Waals surface area contributed by atoms with E-state index in [-0.39, 0.29) is 16.6 Å². The van der Waals surface area contributed by atoms with Crippen LogP contribution in [0.1, 0.15) is 23.7 Å². The van der Waals surface area contributed by atoms with E-state index in [0.717, 1.165) is 4.90 Å². The number of fused-ring (bicyclic) bond motifs is 1. The van der Waals surface area contributed by atoms with E-state index < -0.39 is 18.0 Å². The topological polar surface area (TPSA) is 97.4 Å². The van der Waals surface area contributed by atoms with Crippen LogP contribution in [0.3, 0.4) is 0 Å². The minimum absolute atomic E-state index is 0.104. The van der Waals surface area contributed by atoms with Crippen molar-refractivity contribution >= 4 is 52.5 Å². The number of ether oxygens (including phenoxy) is 1. The van der Waals surface area contributed by atoms with Gasteiger partial charge in [0.1, 0.15) is 0 Å². The van der Waals surface area contributed by atoms with Crippen molar-refractivity contribution in [2.24, 2.45) is 0 Å². The van der Waals surface area contributed by atoms with Gasteiger partial charge in [-0.2, -0.15) is 0 Å². The molecule has 2 amide bonds. The fourth-order valence-electron chi connectivity index (χ4n) is 2.34. The number of carbonyl (C=O) groups excluding carboxylic acids is 3. The van der Waals surface area contributed by atoms with E-state index in [1.807, 2.05) is 0 Å². The van der Waals surface area contributed by atoms with E-state index in [2.05, 4.69) is 15.6 Å². The first-order valence-electron chi connectivity index (χ1n) is 8.13. The van der Waals surface area contributed by atoms with Crippen LogP contribution in [0.5, 0.6) is 0 Å². The number of hydrogen-bond acceptors (Lipinski definition) is 6. The summed E-state index contributed by atoms with van der Waals surface area (Å²) in [5, 5.41) is 5.47. The lowest BCUT2D eigenvalue weighted by Crippen LogP contribution is -2.30. The number of amides is 2. The third kappa shape index (κ3) is 4.78. The van der Waals surface area contributed by atoms with Gasteiger partial charge in [0.15, 0.2) is 11.3 Å². The monoisotopic (exact) mass is 405 g/mol. The molecule has 2 heterocycles. The number of rotatable bonds is 4. The van der Waals surface area contributed by atoms with E-state index in [9.17, 15) is 14.4 Å². The molecule has 27 heavy (non-hydrogen) atoms. The number of esters is 1. The SMILES string of the molecule is C[C@@H](OC(=O)c1ccc2c(c1)NC(=O)CCS2)C(=O)Nc1cccnc1Cl. The van der Waals surface area contributed by atoms with Crippen molar-refractivity contribution in [1.29, 1.82) is 0 Å².